The molecule has 1 aromatic carbocycles. The minimum absolute atomic E-state index is 0.0375. The van der Waals surface area contributed by atoms with Gasteiger partial charge in [-0.1, -0.05) is 51.1 Å². The van der Waals surface area contributed by atoms with Crippen LogP contribution in [0, 0.1) is 0 Å². The predicted molar refractivity (Wildman–Crippen MR) is 117 cm³/mol. The molecule has 29 heavy (non-hydrogen) atoms. The summed E-state index contributed by atoms with van der Waals surface area (Å²) in [6, 6.07) is 12.5. The number of anilines is 1. The van der Waals surface area contributed by atoms with Gasteiger partial charge in [0.05, 0.1) is 25.1 Å². The molecule has 3 aromatic rings. The van der Waals surface area contributed by atoms with Crippen molar-refractivity contribution in [1.82, 2.24) is 19.5 Å². The maximum Gasteiger partial charge on any atom is 0.165 e. The van der Waals surface area contributed by atoms with Crippen molar-refractivity contribution in [3.8, 4) is 11.1 Å². The summed E-state index contributed by atoms with van der Waals surface area (Å²) in [6.45, 7) is 12.4. The summed E-state index contributed by atoms with van der Waals surface area (Å²) in [7, 11) is 0. The number of nitrogens with zero attached hydrogens (tertiary/aromatic N) is 4. The zero-order valence-corrected chi connectivity index (χ0v) is 17.7. The summed E-state index contributed by atoms with van der Waals surface area (Å²) in [5.41, 5.74) is 4.13. The lowest BCUT2D eigenvalue weighted by Crippen LogP contribution is -2.37. The van der Waals surface area contributed by atoms with Gasteiger partial charge in [-0.05, 0) is 18.5 Å². The van der Waals surface area contributed by atoms with Gasteiger partial charge in [-0.2, -0.15) is 9.61 Å². The number of morpholine rings is 1. The average Bonchev–Trinajstić information content (AvgIpc) is 3.16. The van der Waals surface area contributed by atoms with E-state index in [9.17, 15) is 0 Å². The third-order valence-electron chi connectivity index (χ3n) is 5.39. The first-order valence-corrected chi connectivity index (χ1v) is 10.5. The van der Waals surface area contributed by atoms with E-state index >= 15 is 0 Å². The standard InChI is InChI=1S/C23H31N5O/c1-23(2,3)20-16-21(24-10-7-11-27-12-14-29-15-13-27)28-22(26-20)19(17-25-28)18-8-5-4-6-9-18/h4-6,8-9,16-17,24H,7,10-15H2,1-3H3. The number of hydrogen-bond acceptors (Lipinski definition) is 5. The third-order valence-corrected chi connectivity index (χ3v) is 5.39. The lowest BCUT2D eigenvalue weighted by atomic mass is 9.92. The lowest BCUT2D eigenvalue weighted by molar-refractivity contribution is 0.0378. The van der Waals surface area contributed by atoms with E-state index in [1.54, 1.807) is 0 Å². The fourth-order valence-electron chi connectivity index (χ4n) is 3.64. The summed E-state index contributed by atoms with van der Waals surface area (Å²) in [4.78, 5) is 7.45. The second kappa shape index (κ2) is 8.51. The number of hydrogen-bond donors (Lipinski definition) is 1. The molecule has 154 valence electrons. The van der Waals surface area contributed by atoms with E-state index in [2.05, 4.69) is 66.4 Å². The van der Waals surface area contributed by atoms with Gasteiger partial charge in [-0.3, -0.25) is 4.90 Å². The van der Waals surface area contributed by atoms with E-state index in [4.69, 9.17) is 9.72 Å². The van der Waals surface area contributed by atoms with Crippen LogP contribution in [-0.2, 0) is 10.2 Å². The Morgan fingerprint density at radius 2 is 1.86 bits per heavy atom. The third kappa shape index (κ3) is 4.60. The van der Waals surface area contributed by atoms with E-state index in [0.29, 0.717) is 0 Å². The molecule has 0 bridgehead atoms. The smallest absolute Gasteiger partial charge is 0.165 e. The topological polar surface area (TPSA) is 54.7 Å². The van der Waals surface area contributed by atoms with Crippen molar-refractivity contribution in [2.75, 3.05) is 44.7 Å². The number of benzene rings is 1. The first-order valence-electron chi connectivity index (χ1n) is 10.5. The zero-order chi connectivity index (χ0) is 20.3. The molecule has 0 amide bonds. The Labute approximate surface area is 172 Å². The van der Waals surface area contributed by atoms with Crippen molar-refractivity contribution in [3.05, 3.63) is 48.3 Å². The van der Waals surface area contributed by atoms with E-state index < -0.39 is 0 Å². The van der Waals surface area contributed by atoms with Crippen LogP contribution in [0.3, 0.4) is 0 Å². The largest absolute Gasteiger partial charge is 0.379 e. The van der Waals surface area contributed by atoms with Gasteiger partial charge in [0.25, 0.3) is 0 Å². The van der Waals surface area contributed by atoms with Gasteiger partial charge in [0, 0.05) is 36.7 Å². The monoisotopic (exact) mass is 393 g/mol. The summed E-state index contributed by atoms with van der Waals surface area (Å²) >= 11 is 0. The first kappa shape index (κ1) is 19.9. The minimum atomic E-state index is -0.0375. The van der Waals surface area contributed by atoms with Crippen LogP contribution in [-0.4, -0.2) is 58.9 Å². The maximum absolute atomic E-state index is 5.43. The Hall–Kier alpha value is -2.44. The van der Waals surface area contributed by atoms with Crippen LogP contribution in [0.5, 0.6) is 0 Å². The predicted octanol–water partition coefficient (Wildman–Crippen LogP) is 3.83. The van der Waals surface area contributed by atoms with Crippen LogP contribution in [0.4, 0.5) is 5.82 Å². The van der Waals surface area contributed by atoms with Crippen LogP contribution in [0.15, 0.2) is 42.6 Å². The molecule has 1 N–H and O–H groups in total. The van der Waals surface area contributed by atoms with Crippen LogP contribution in [0.1, 0.15) is 32.9 Å². The van der Waals surface area contributed by atoms with Crippen molar-refractivity contribution < 1.29 is 4.74 Å². The Morgan fingerprint density at radius 1 is 1.10 bits per heavy atom. The van der Waals surface area contributed by atoms with Gasteiger partial charge >= 0.3 is 0 Å². The molecule has 0 radical (unpaired) electrons. The highest BCUT2D eigenvalue weighted by molar-refractivity contribution is 5.78. The molecule has 6 nitrogen and oxygen atoms in total. The van der Waals surface area contributed by atoms with Crippen LogP contribution >= 0.6 is 0 Å². The van der Waals surface area contributed by atoms with Gasteiger partial charge in [0.15, 0.2) is 5.65 Å². The Balaban J connectivity index is 1.58. The van der Waals surface area contributed by atoms with Crippen molar-refractivity contribution >= 4 is 11.5 Å². The molecule has 1 aliphatic heterocycles. The quantitative estimate of drug-likeness (QED) is 0.645. The number of aromatic nitrogens is 3. The molecule has 6 heteroatoms. The molecule has 0 aliphatic carbocycles. The molecule has 3 heterocycles. The van der Waals surface area contributed by atoms with Crippen molar-refractivity contribution in [2.24, 2.45) is 0 Å². The second-order valence-electron chi connectivity index (χ2n) is 8.67. The summed E-state index contributed by atoms with van der Waals surface area (Å²) in [5, 5.41) is 8.26. The Morgan fingerprint density at radius 3 is 2.59 bits per heavy atom. The van der Waals surface area contributed by atoms with Gasteiger partial charge < -0.3 is 10.1 Å². The van der Waals surface area contributed by atoms with E-state index in [-0.39, 0.29) is 5.41 Å². The first-order chi connectivity index (χ1) is 14.0. The molecule has 1 saturated heterocycles. The summed E-state index contributed by atoms with van der Waals surface area (Å²) < 4.78 is 7.37. The average molecular weight is 394 g/mol. The van der Waals surface area contributed by atoms with Crippen molar-refractivity contribution in [1.29, 1.82) is 0 Å². The van der Waals surface area contributed by atoms with Crippen LogP contribution in [0.25, 0.3) is 16.8 Å². The minimum Gasteiger partial charge on any atom is -0.379 e. The molecule has 4 rings (SSSR count). The van der Waals surface area contributed by atoms with Crippen LogP contribution in [0.2, 0.25) is 0 Å². The Bertz CT molecular complexity index is 939. The second-order valence-corrected chi connectivity index (χ2v) is 8.67. The molecular weight excluding hydrogens is 362 g/mol. The molecule has 0 atom stereocenters. The van der Waals surface area contributed by atoms with Crippen molar-refractivity contribution in [3.63, 3.8) is 0 Å². The molecule has 1 fully saturated rings. The number of nitrogens with one attached hydrogen (secondary N) is 1. The number of ether oxygens (including phenoxy) is 1. The molecule has 1 aliphatic rings. The van der Waals surface area contributed by atoms with E-state index in [0.717, 1.165) is 74.1 Å². The molecule has 0 spiro atoms. The maximum atomic E-state index is 5.43. The Kier molecular flexibility index (Phi) is 5.83. The summed E-state index contributed by atoms with van der Waals surface area (Å²) in [6.07, 6.45) is 3.00. The fourth-order valence-corrected chi connectivity index (χ4v) is 3.64. The normalized spacial score (nSPS) is 15.7. The summed E-state index contributed by atoms with van der Waals surface area (Å²) in [5.74, 6) is 1.00. The number of fused-ring (bicyclic) bond motifs is 1. The molecule has 2 aromatic heterocycles. The highest BCUT2D eigenvalue weighted by Gasteiger charge is 2.20. The highest BCUT2D eigenvalue weighted by atomic mass is 16.5. The van der Waals surface area contributed by atoms with E-state index in [1.807, 2.05) is 16.8 Å². The van der Waals surface area contributed by atoms with E-state index in [1.165, 1.54) is 0 Å². The molecule has 0 saturated carbocycles. The SMILES string of the molecule is CC(C)(C)c1cc(NCCCN2CCOCC2)n2ncc(-c3ccccc3)c2n1. The fraction of sp³-hybridized carbons (Fsp3) is 0.478. The van der Waals surface area contributed by atoms with Crippen molar-refractivity contribution in [2.45, 2.75) is 32.6 Å². The van der Waals surface area contributed by atoms with Gasteiger partial charge in [-0.15, -0.1) is 0 Å². The number of rotatable bonds is 6. The van der Waals surface area contributed by atoms with Crippen LogP contribution < -0.4 is 5.32 Å². The highest BCUT2D eigenvalue weighted by Crippen LogP contribution is 2.29. The van der Waals surface area contributed by atoms with Gasteiger partial charge in [0.1, 0.15) is 5.82 Å². The molecule has 0 unspecified atom stereocenters. The zero-order valence-electron chi connectivity index (χ0n) is 17.7. The lowest BCUT2D eigenvalue weighted by Gasteiger charge is -2.26. The van der Waals surface area contributed by atoms with Gasteiger partial charge in [0.2, 0.25) is 0 Å². The molecular formula is C23H31N5O. The van der Waals surface area contributed by atoms with Gasteiger partial charge in [-0.25, -0.2) is 4.98 Å².